The number of oxime groups is 1. The number of aryl methyl sites for hydroxylation is 1. The summed E-state index contributed by atoms with van der Waals surface area (Å²) < 4.78 is 1.82. The van der Waals surface area contributed by atoms with Crippen molar-refractivity contribution in [2.45, 2.75) is 31.3 Å². The Morgan fingerprint density at radius 1 is 1.31 bits per heavy atom. The third-order valence-electron chi connectivity index (χ3n) is 7.00. The van der Waals surface area contributed by atoms with Crippen molar-refractivity contribution >= 4 is 57.5 Å². The molecule has 16 heteroatoms. The van der Waals surface area contributed by atoms with Crippen molar-refractivity contribution in [1.29, 1.82) is 0 Å². The first kappa shape index (κ1) is 28.4. The van der Waals surface area contributed by atoms with E-state index in [4.69, 9.17) is 15.7 Å². The van der Waals surface area contributed by atoms with Crippen molar-refractivity contribution < 1.29 is 43.6 Å². The second kappa shape index (κ2) is 11.4. The molecule has 5 rings (SSSR count). The molecule has 0 unspecified atom stereocenters. The summed E-state index contributed by atoms with van der Waals surface area (Å²) in [6.07, 6.45) is 6.21. The molecule has 3 aliphatic heterocycles. The monoisotopic (exact) mass is 596 g/mol. The topological polar surface area (TPSA) is 209 Å². The minimum atomic E-state index is -1.33. The number of aliphatic carboxylic acids is 2. The number of rotatable bonds is 9. The van der Waals surface area contributed by atoms with Crippen LogP contribution in [0.4, 0.5) is 10.8 Å². The fraction of sp³-hybridized carbons (Fsp3) is 0.308. The highest BCUT2D eigenvalue weighted by atomic mass is 32.1. The van der Waals surface area contributed by atoms with Crippen molar-refractivity contribution in [1.82, 2.24) is 15.2 Å². The number of β-lactam (4-membered cyclic amide) rings is 1. The molecule has 218 valence electrons. The molecule has 15 nitrogen and oxygen atoms in total. The first-order valence-corrected chi connectivity index (χ1v) is 13.6. The number of nitrogens with one attached hydrogen (secondary N) is 1. The molecule has 5 N–H and O–H groups in total. The molecule has 2 fully saturated rings. The average molecular weight is 597 g/mol. The number of carbonyl (C=O) groups excluding carboxylic acids is 3. The fourth-order valence-corrected chi connectivity index (χ4v) is 5.68. The van der Waals surface area contributed by atoms with Crippen LogP contribution in [0.3, 0.4) is 0 Å². The van der Waals surface area contributed by atoms with Crippen LogP contribution in [0.1, 0.15) is 25.0 Å². The molecule has 42 heavy (non-hydrogen) atoms. The average Bonchev–Trinajstić information content (AvgIpc) is 3.54. The molecular formula is C26H26N7O8S+. The molecule has 0 bridgehead atoms. The number of amides is 3. The number of hydrogen-bond donors (Lipinski definition) is 4. The number of anilines is 2. The van der Waals surface area contributed by atoms with Crippen LogP contribution in [0.15, 0.2) is 58.0 Å². The van der Waals surface area contributed by atoms with Gasteiger partial charge in [0.15, 0.2) is 23.2 Å². The van der Waals surface area contributed by atoms with Crippen molar-refractivity contribution in [2.24, 2.45) is 12.2 Å². The first-order chi connectivity index (χ1) is 20.0. The maximum Gasteiger partial charge on any atom is 0.352 e. The van der Waals surface area contributed by atoms with E-state index in [1.807, 2.05) is 36.1 Å². The molecule has 0 aliphatic carbocycles. The summed E-state index contributed by atoms with van der Waals surface area (Å²) in [6.45, 7) is -0.376. The molecule has 2 aromatic heterocycles. The SMILES string of the molecule is C[n+]1cccc(N2CCC(=CC3=C(C(=O)O)N4C(=O)[C@@H](NC(=O)/C(=N\OCC(=O)O)c5csc(N)n5)[C@H]4CC3)C2=O)c1. The Labute approximate surface area is 242 Å². The van der Waals surface area contributed by atoms with Gasteiger partial charge in [-0.3, -0.25) is 19.3 Å². The number of allylic oxidation sites excluding steroid dienone is 2. The van der Waals surface area contributed by atoms with Gasteiger partial charge < -0.3 is 31.0 Å². The molecule has 0 saturated carbocycles. The molecule has 5 heterocycles. The number of carbonyl (C=O) groups is 5. The van der Waals surface area contributed by atoms with Gasteiger partial charge >= 0.3 is 11.9 Å². The van der Waals surface area contributed by atoms with Crippen LogP contribution < -0.4 is 20.5 Å². The summed E-state index contributed by atoms with van der Waals surface area (Å²) in [6, 6.07) is 1.92. The number of fused-ring (bicyclic) bond motifs is 1. The summed E-state index contributed by atoms with van der Waals surface area (Å²) in [5.74, 6) is -4.41. The van der Waals surface area contributed by atoms with E-state index in [-0.39, 0.29) is 34.6 Å². The first-order valence-electron chi connectivity index (χ1n) is 12.8. The quantitative estimate of drug-likeness (QED) is 0.0963. The van der Waals surface area contributed by atoms with Crippen LogP contribution in [0.5, 0.6) is 0 Å². The highest BCUT2D eigenvalue weighted by Gasteiger charge is 2.53. The Morgan fingerprint density at radius 3 is 2.76 bits per heavy atom. The number of carboxylic acid groups (broad SMARTS) is 2. The fourth-order valence-electron chi connectivity index (χ4n) is 5.13. The van der Waals surface area contributed by atoms with Crippen LogP contribution in [-0.4, -0.2) is 80.7 Å². The summed E-state index contributed by atoms with van der Waals surface area (Å²) in [4.78, 5) is 73.9. The van der Waals surface area contributed by atoms with Gasteiger partial charge in [-0.15, -0.1) is 11.3 Å². The standard InChI is InChI=1S/C26H25N7O8S/c1-31-7-2-3-15(10-31)32-8-6-14(23(32)37)9-13-4-5-17-20(24(38)33(17)21(13)25(39)40)29-22(36)19(30-41-11-18(34)35)16-12-42-26(27)28-16/h2-3,7,9-10,12,17,20H,4-6,8,11H2,1H3,(H4-,27,28,29,34,35,36,39,40)/p+1/b14-9?,30-19-/t17-,20+/m1/s1. The van der Waals surface area contributed by atoms with E-state index in [0.717, 1.165) is 21.9 Å². The van der Waals surface area contributed by atoms with Crippen molar-refractivity contribution in [3.05, 3.63) is 58.5 Å². The van der Waals surface area contributed by atoms with Crippen LogP contribution in [-0.2, 0) is 35.9 Å². The van der Waals surface area contributed by atoms with E-state index < -0.39 is 42.4 Å². The number of hydrogen-bond acceptors (Lipinski definition) is 10. The van der Waals surface area contributed by atoms with E-state index in [9.17, 15) is 29.1 Å². The minimum Gasteiger partial charge on any atom is -0.479 e. The highest BCUT2D eigenvalue weighted by Crippen LogP contribution is 2.38. The van der Waals surface area contributed by atoms with Gasteiger partial charge in [0, 0.05) is 23.6 Å². The maximum atomic E-state index is 13.2. The van der Waals surface area contributed by atoms with Gasteiger partial charge in [-0.2, -0.15) is 0 Å². The minimum absolute atomic E-state index is 0.0206. The van der Waals surface area contributed by atoms with E-state index in [1.165, 1.54) is 5.38 Å². The van der Waals surface area contributed by atoms with Crippen LogP contribution >= 0.6 is 11.3 Å². The third kappa shape index (κ3) is 5.43. The predicted octanol–water partition coefficient (Wildman–Crippen LogP) is -0.453. The molecule has 2 aromatic rings. The normalized spacial score (nSPS) is 21.4. The summed E-state index contributed by atoms with van der Waals surface area (Å²) in [7, 11) is 1.85. The van der Waals surface area contributed by atoms with Crippen molar-refractivity contribution in [3.8, 4) is 0 Å². The van der Waals surface area contributed by atoms with E-state index in [2.05, 4.69) is 15.5 Å². The number of thiazole rings is 1. The van der Waals surface area contributed by atoms with E-state index in [1.54, 1.807) is 11.0 Å². The second-order valence-electron chi connectivity index (χ2n) is 9.73. The Kier molecular flexibility index (Phi) is 7.71. The van der Waals surface area contributed by atoms with Crippen molar-refractivity contribution in [3.63, 3.8) is 0 Å². The number of aromatic nitrogens is 2. The van der Waals surface area contributed by atoms with Crippen molar-refractivity contribution in [2.75, 3.05) is 23.8 Å². The summed E-state index contributed by atoms with van der Waals surface area (Å²) in [5, 5.41) is 26.5. The largest absolute Gasteiger partial charge is 0.479 e. The molecule has 0 radical (unpaired) electrons. The third-order valence-corrected chi connectivity index (χ3v) is 7.67. The van der Waals surface area contributed by atoms with Gasteiger partial charge in [-0.25, -0.2) is 19.1 Å². The number of pyridine rings is 1. The van der Waals surface area contributed by atoms with Gasteiger partial charge in [0.2, 0.25) is 6.61 Å². The Hall–Kier alpha value is -5.12. The number of carboxylic acids is 2. The van der Waals surface area contributed by atoms with Gasteiger partial charge in [-0.1, -0.05) is 5.16 Å². The molecule has 2 saturated heterocycles. The van der Waals surface area contributed by atoms with Crippen LogP contribution in [0, 0.1) is 0 Å². The molecule has 0 aromatic carbocycles. The zero-order valence-corrected chi connectivity index (χ0v) is 23.0. The lowest BCUT2D eigenvalue weighted by Gasteiger charge is -2.50. The zero-order valence-electron chi connectivity index (χ0n) is 22.2. The van der Waals surface area contributed by atoms with Crippen LogP contribution in [0.2, 0.25) is 0 Å². The number of nitrogen functional groups attached to an aromatic ring is 1. The van der Waals surface area contributed by atoms with Gasteiger partial charge in [-0.05, 0) is 37.0 Å². The van der Waals surface area contributed by atoms with E-state index in [0.29, 0.717) is 30.5 Å². The summed E-state index contributed by atoms with van der Waals surface area (Å²) in [5.41, 5.74) is 6.55. The maximum absolute atomic E-state index is 13.2. The predicted molar refractivity (Wildman–Crippen MR) is 146 cm³/mol. The number of nitrogens with zero attached hydrogens (tertiary/aromatic N) is 5. The number of nitrogens with two attached hydrogens (primary N) is 1. The van der Waals surface area contributed by atoms with Gasteiger partial charge in [0.05, 0.1) is 6.04 Å². The van der Waals surface area contributed by atoms with Gasteiger partial charge in [0.1, 0.15) is 30.2 Å². The summed E-state index contributed by atoms with van der Waals surface area (Å²) >= 11 is 1.02. The lowest BCUT2D eigenvalue weighted by molar-refractivity contribution is -0.670. The second-order valence-corrected chi connectivity index (χ2v) is 10.6. The van der Waals surface area contributed by atoms with Crippen LogP contribution in [0.25, 0.3) is 0 Å². The molecule has 0 spiro atoms. The lowest BCUT2D eigenvalue weighted by atomic mass is 9.82. The molecule has 2 atom stereocenters. The Bertz CT molecular complexity index is 1600. The smallest absolute Gasteiger partial charge is 0.352 e. The highest BCUT2D eigenvalue weighted by molar-refractivity contribution is 7.13. The Balaban J connectivity index is 1.34. The van der Waals surface area contributed by atoms with Gasteiger partial charge in [0.25, 0.3) is 17.7 Å². The zero-order chi connectivity index (χ0) is 30.1. The molecular weight excluding hydrogens is 570 g/mol. The van der Waals surface area contributed by atoms with E-state index >= 15 is 0 Å². The molecule has 3 amide bonds. The Morgan fingerprint density at radius 2 is 2.10 bits per heavy atom. The lowest BCUT2D eigenvalue weighted by Crippen LogP contribution is -2.72. The molecule has 3 aliphatic rings.